The van der Waals surface area contributed by atoms with Crippen molar-refractivity contribution in [2.75, 3.05) is 12.4 Å². The quantitative estimate of drug-likeness (QED) is 0.763. The summed E-state index contributed by atoms with van der Waals surface area (Å²) in [6.07, 6.45) is 10.7. The number of carbonyl (C=O) groups excluding carboxylic acids is 2. The Morgan fingerprint density at radius 1 is 1.17 bits per heavy atom. The number of nitrogens with zero attached hydrogens (tertiary/aromatic N) is 1. The van der Waals surface area contributed by atoms with E-state index in [1.54, 1.807) is 19.4 Å². The zero-order valence-corrected chi connectivity index (χ0v) is 17.4. The Hall–Kier alpha value is -2.39. The van der Waals surface area contributed by atoms with E-state index >= 15 is 0 Å². The summed E-state index contributed by atoms with van der Waals surface area (Å²) in [6, 6.07) is 3.58. The molecule has 29 heavy (non-hydrogen) atoms. The number of nitrogens with one attached hydrogen (secondary N) is 2. The van der Waals surface area contributed by atoms with Crippen LogP contribution in [0.25, 0.3) is 0 Å². The van der Waals surface area contributed by atoms with Crippen LogP contribution in [0.3, 0.4) is 0 Å². The number of methoxy groups -OCH3 is 1. The summed E-state index contributed by atoms with van der Waals surface area (Å²) in [5, 5.41) is 5.96. The lowest BCUT2D eigenvalue weighted by Crippen LogP contribution is -2.51. The molecule has 2 N–H and O–H groups in total. The summed E-state index contributed by atoms with van der Waals surface area (Å²) in [5.41, 5.74) is 0.307. The Bertz CT molecular complexity index is 773. The number of hydrogen-bond donors (Lipinski definition) is 2. The zero-order chi connectivity index (χ0) is 20.7. The molecular weight excluding hydrogens is 366 g/mol. The molecule has 156 valence electrons. The first-order chi connectivity index (χ1) is 14.0. The molecule has 6 nitrogen and oxygen atoms in total. The molecule has 2 fully saturated rings. The number of ether oxygens (including phenoxy) is 1. The lowest BCUT2D eigenvalue weighted by atomic mass is 9.80. The predicted molar refractivity (Wildman–Crippen MR) is 112 cm³/mol. The van der Waals surface area contributed by atoms with E-state index in [1.165, 1.54) is 13.3 Å². The van der Waals surface area contributed by atoms with Gasteiger partial charge in [0.2, 0.25) is 11.8 Å². The van der Waals surface area contributed by atoms with Gasteiger partial charge in [0.25, 0.3) is 0 Å². The third-order valence-corrected chi connectivity index (χ3v) is 5.91. The molecule has 0 unspecified atom stereocenters. The molecule has 0 bridgehead atoms. The topological polar surface area (TPSA) is 80.3 Å². The third-order valence-electron chi connectivity index (χ3n) is 5.91. The Kier molecular flexibility index (Phi) is 7.27. The summed E-state index contributed by atoms with van der Waals surface area (Å²) in [6.45, 7) is 1.45. The van der Waals surface area contributed by atoms with Crippen molar-refractivity contribution in [3.8, 4) is 11.8 Å². The van der Waals surface area contributed by atoms with Crippen LogP contribution in [0.1, 0.15) is 70.3 Å². The van der Waals surface area contributed by atoms with Gasteiger partial charge in [0, 0.05) is 31.7 Å². The van der Waals surface area contributed by atoms with Crippen LogP contribution < -0.4 is 10.6 Å². The van der Waals surface area contributed by atoms with E-state index in [9.17, 15) is 9.59 Å². The van der Waals surface area contributed by atoms with Crippen LogP contribution in [0.5, 0.6) is 0 Å². The highest BCUT2D eigenvalue weighted by atomic mass is 16.5. The van der Waals surface area contributed by atoms with Crippen molar-refractivity contribution in [3.63, 3.8) is 0 Å². The van der Waals surface area contributed by atoms with Gasteiger partial charge in [0.1, 0.15) is 11.4 Å². The van der Waals surface area contributed by atoms with E-state index < -0.39 is 5.54 Å². The fourth-order valence-electron chi connectivity index (χ4n) is 4.29. The first-order valence-electron chi connectivity index (χ1n) is 10.6. The molecule has 6 heteroatoms. The van der Waals surface area contributed by atoms with Crippen molar-refractivity contribution in [2.24, 2.45) is 5.92 Å². The molecule has 2 saturated carbocycles. The normalized spacial score (nSPS) is 23.4. The van der Waals surface area contributed by atoms with E-state index in [0.717, 1.165) is 56.9 Å². The van der Waals surface area contributed by atoms with Crippen LogP contribution in [0.4, 0.5) is 5.82 Å². The summed E-state index contributed by atoms with van der Waals surface area (Å²) in [4.78, 5) is 28.3. The number of pyridine rings is 1. The van der Waals surface area contributed by atoms with Gasteiger partial charge in [0.05, 0.1) is 6.10 Å². The number of hydrogen-bond acceptors (Lipinski definition) is 4. The van der Waals surface area contributed by atoms with Crippen molar-refractivity contribution < 1.29 is 14.3 Å². The third kappa shape index (κ3) is 6.04. The van der Waals surface area contributed by atoms with Gasteiger partial charge in [-0.2, -0.15) is 0 Å². The van der Waals surface area contributed by atoms with Gasteiger partial charge in [0.15, 0.2) is 0 Å². The molecule has 0 aliphatic heterocycles. The van der Waals surface area contributed by atoms with Crippen molar-refractivity contribution in [1.29, 1.82) is 0 Å². The Morgan fingerprint density at radius 2 is 1.97 bits per heavy atom. The summed E-state index contributed by atoms with van der Waals surface area (Å²) in [5.74, 6) is 7.04. The smallest absolute Gasteiger partial charge is 0.224 e. The zero-order valence-electron chi connectivity index (χ0n) is 17.4. The highest BCUT2D eigenvalue weighted by Gasteiger charge is 2.35. The summed E-state index contributed by atoms with van der Waals surface area (Å²) in [7, 11) is 1.73. The minimum absolute atomic E-state index is 0.00732. The molecule has 0 spiro atoms. The molecule has 0 aromatic carbocycles. The summed E-state index contributed by atoms with van der Waals surface area (Å²) >= 11 is 0. The molecular formula is C23H31N3O3. The number of rotatable bonds is 4. The second-order valence-corrected chi connectivity index (χ2v) is 8.22. The Labute approximate surface area is 173 Å². The largest absolute Gasteiger partial charge is 0.381 e. The molecule has 2 atom stereocenters. The van der Waals surface area contributed by atoms with E-state index in [1.807, 2.05) is 6.07 Å². The van der Waals surface area contributed by atoms with Gasteiger partial charge in [-0.1, -0.05) is 37.5 Å². The van der Waals surface area contributed by atoms with E-state index in [0.29, 0.717) is 5.82 Å². The number of carbonyl (C=O) groups is 2. The minimum Gasteiger partial charge on any atom is -0.381 e. The maximum Gasteiger partial charge on any atom is 0.224 e. The van der Waals surface area contributed by atoms with Crippen LogP contribution >= 0.6 is 0 Å². The van der Waals surface area contributed by atoms with E-state index in [4.69, 9.17) is 4.74 Å². The second kappa shape index (κ2) is 9.89. The molecule has 1 aromatic heterocycles. The standard InChI is InChI=1S/C23H31N3O3/c1-17(27)25-21-10-9-18(16-24-21)11-14-23(12-4-3-5-13-23)26-22(28)19-7-6-8-20(15-19)29-2/h9-10,16,19-20H,3-8,12-13,15H2,1-2H3,(H,26,28)(H,24,25,27)/t19-,20-/m1/s1. The summed E-state index contributed by atoms with van der Waals surface area (Å²) < 4.78 is 5.48. The van der Waals surface area contributed by atoms with E-state index in [-0.39, 0.29) is 23.8 Å². The number of anilines is 1. The first-order valence-corrected chi connectivity index (χ1v) is 10.6. The molecule has 2 aliphatic carbocycles. The monoisotopic (exact) mass is 397 g/mol. The highest BCUT2D eigenvalue weighted by molar-refractivity contribution is 5.87. The molecule has 0 radical (unpaired) electrons. The average molecular weight is 398 g/mol. The first kappa shape index (κ1) is 21.3. The van der Waals surface area contributed by atoms with Gasteiger partial charge in [-0.15, -0.1) is 0 Å². The van der Waals surface area contributed by atoms with Gasteiger partial charge in [-0.05, 0) is 44.2 Å². The van der Waals surface area contributed by atoms with Crippen LogP contribution in [-0.4, -0.2) is 35.6 Å². The SMILES string of the molecule is CO[C@@H]1CCC[C@@H](C(=O)NC2(C#Cc3ccc(NC(C)=O)nc3)CCCCC2)C1. The average Bonchev–Trinajstić information content (AvgIpc) is 2.73. The lowest BCUT2D eigenvalue weighted by Gasteiger charge is -2.36. The molecule has 1 heterocycles. The predicted octanol–water partition coefficient (Wildman–Crippen LogP) is 3.42. The number of amides is 2. The van der Waals surface area contributed by atoms with Gasteiger partial charge in [-0.3, -0.25) is 9.59 Å². The maximum atomic E-state index is 13.0. The Morgan fingerprint density at radius 3 is 2.62 bits per heavy atom. The molecule has 2 aliphatic rings. The van der Waals surface area contributed by atoms with Crippen LogP contribution in [0.15, 0.2) is 18.3 Å². The molecule has 3 rings (SSSR count). The maximum absolute atomic E-state index is 13.0. The van der Waals surface area contributed by atoms with Gasteiger partial charge in [-0.25, -0.2) is 4.98 Å². The fraction of sp³-hybridized carbons (Fsp3) is 0.609. The van der Waals surface area contributed by atoms with Gasteiger partial charge < -0.3 is 15.4 Å². The number of aromatic nitrogens is 1. The molecule has 1 aromatic rings. The van der Waals surface area contributed by atoms with Gasteiger partial charge >= 0.3 is 0 Å². The Balaban J connectivity index is 1.71. The molecule has 0 saturated heterocycles. The van der Waals surface area contributed by atoms with Crippen molar-refractivity contribution in [1.82, 2.24) is 10.3 Å². The van der Waals surface area contributed by atoms with Crippen molar-refractivity contribution >= 4 is 17.6 Å². The highest BCUT2D eigenvalue weighted by Crippen LogP contribution is 2.31. The van der Waals surface area contributed by atoms with Crippen molar-refractivity contribution in [3.05, 3.63) is 23.9 Å². The fourth-order valence-corrected chi connectivity index (χ4v) is 4.29. The van der Waals surface area contributed by atoms with E-state index in [2.05, 4.69) is 27.5 Å². The van der Waals surface area contributed by atoms with Crippen molar-refractivity contribution in [2.45, 2.75) is 76.4 Å². The van der Waals surface area contributed by atoms with Crippen LogP contribution in [0.2, 0.25) is 0 Å². The molecule has 2 amide bonds. The lowest BCUT2D eigenvalue weighted by molar-refractivity contribution is -0.129. The van der Waals surface area contributed by atoms with Crippen LogP contribution in [0, 0.1) is 17.8 Å². The minimum atomic E-state index is -0.467. The van der Waals surface area contributed by atoms with Crippen LogP contribution in [-0.2, 0) is 14.3 Å². The second-order valence-electron chi connectivity index (χ2n) is 8.22.